The van der Waals surface area contributed by atoms with Crippen LogP contribution in [0.3, 0.4) is 0 Å². The number of carbonyl (C=O) groups is 1. The Labute approximate surface area is 172 Å². The second-order valence-corrected chi connectivity index (χ2v) is 7.64. The van der Waals surface area contributed by atoms with Crippen LogP contribution in [0.4, 0.5) is 0 Å². The first kappa shape index (κ1) is 22.1. The Bertz CT molecular complexity index is 785. The van der Waals surface area contributed by atoms with Gasteiger partial charge in [0.05, 0.1) is 7.11 Å². The number of amides is 1. The number of methoxy groups -OCH3 is 1. The molecule has 152 valence electrons. The zero-order valence-corrected chi connectivity index (χ0v) is 17.9. The summed E-state index contributed by atoms with van der Waals surface area (Å²) in [6, 6.07) is 13.0. The molecule has 0 radical (unpaired) electrons. The Kier molecular flexibility index (Phi) is 8.15. The third-order valence-electron chi connectivity index (χ3n) is 4.67. The van der Waals surface area contributed by atoms with E-state index in [4.69, 9.17) is 21.1 Å². The number of likely N-dealkylation sites (N-methyl/N-ethyl adjacent to an activating group) is 1. The molecule has 0 bridgehead atoms. The largest absolute Gasteiger partial charge is 0.493 e. The highest BCUT2D eigenvalue weighted by molar-refractivity contribution is 6.31. The maximum Gasteiger partial charge on any atom is 0.251 e. The fourth-order valence-electron chi connectivity index (χ4n) is 3.01. The molecule has 0 saturated carbocycles. The lowest BCUT2D eigenvalue weighted by molar-refractivity contribution is 0.0934. The van der Waals surface area contributed by atoms with Crippen molar-refractivity contribution >= 4 is 17.5 Å². The number of hydrogen-bond donors (Lipinski definition) is 1. The van der Waals surface area contributed by atoms with E-state index in [1.54, 1.807) is 25.3 Å². The van der Waals surface area contributed by atoms with Crippen LogP contribution in [0.5, 0.6) is 11.5 Å². The number of nitrogens with zero attached hydrogens (tertiary/aromatic N) is 1. The summed E-state index contributed by atoms with van der Waals surface area (Å²) in [7, 11) is 5.59. The van der Waals surface area contributed by atoms with Gasteiger partial charge in [0.1, 0.15) is 6.61 Å². The van der Waals surface area contributed by atoms with Gasteiger partial charge in [-0.2, -0.15) is 0 Å². The molecule has 28 heavy (non-hydrogen) atoms. The first-order chi connectivity index (χ1) is 13.3. The number of nitrogens with one attached hydrogen (secondary N) is 1. The fourth-order valence-corrected chi connectivity index (χ4v) is 3.20. The van der Waals surface area contributed by atoms with Gasteiger partial charge in [-0.3, -0.25) is 4.79 Å². The van der Waals surface area contributed by atoms with E-state index < -0.39 is 0 Å². The van der Waals surface area contributed by atoms with Gasteiger partial charge in [0.25, 0.3) is 5.91 Å². The van der Waals surface area contributed by atoms with Crippen LogP contribution in [0.1, 0.15) is 29.8 Å². The molecule has 0 aliphatic rings. The van der Waals surface area contributed by atoms with Gasteiger partial charge in [-0.15, -0.1) is 0 Å². The van der Waals surface area contributed by atoms with Gasteiger partial charge >= 0.3 is 0 Å². The van der Waals surface area contributed by atoms with Crippen molar-refractivity contribution in [3.63, 3.8) is 0 Å². The summed E-state index contributed by atoms with van der Waals surface area (Å²) in [5.74, 6) is 1.37. The van der Waals surface area contributed by atoms with Crippen molar-refractivity contribution in [1.82, 2.24) is 10.2 Å². The van der Waals surface area contributed by atoms with Crippen LogP contribution < -0.4 is 14.8 Å². The number of ether oxygens (including phenoxy) is 2. The Balaban J connectivity index is 2.05. The van der Waals surface area contributed by atoms with E-state index in [1.807, 2.05) is 38.4 Å². The topological polar surface area (TPSA) is 50.8 Å². The zero-order valence-electron chi connectivity index (χ0n) is 17.2. The smallest absolute Gasteiger partial charge is 0.251 e. The highest BCUT2D eigenvalue weighted by Gasteiger charge is 2.18. The van der Waals surface area contributed by atoms with Gasteiger partial charge in [-0.25, -0.2) is 0 Å². The lowest BCUT2D eigenvalue weighted by Crippen LogP contribution is -2.43. The molecule has 0 heterocycles. The van der Waals surface area contributed by atoms with E-state index in [1.165, 1.54) is 0 Å². The summed E-state index contributed by atoms with van der Waals surface area (Å²) >= 11 is 6.17. The first-order valence-electron chi connectivity index (χ1n) is 9.32. The molecule has 5 nitrogen and oxygen atoms in total. The van der Waals surface area contributed by atoms with E-state index in [0.29, 0.717) is 41.2 Å². The van der Waals surface area contributed by atoms with Crippen LogP contribution in [0.15, 0.2) is 42.5 Å². The van der Waals surface area contributed by atoms with Crippen LogP contribution in [0.2, 0.25) is 5.02 Å². The monoisotopic (exact) mass is 404 g/mol. The number of carbonyl (C=O) groups excluding carboxylic acids is 1. The number of hydrogen-bond acceptors (Lipinski definition) is 4. The standard InChI is InChI=1S/C22H29ClN2O3/c1-15(2)19(25(3)4)13-24-22(26)16-10-11-20(21(12-16)27-5)28-14-17-8-6-7-9-18(17)23/h6-12,15,19H,13-14H2,1-5H3,(H,24,26)/t19-/m1/s1. The van der Waals surface area contributed by atoms with Crippen LogP contribution in [0, 0.1) is 5.92 Å². The lowest BCUT2D eigenvalue weighted by Gasteiger charge is -2.28. The van der Waals surface area contributed by atoms with E-state index in [9.17, 15) is 4.79 Å². The normalized spacial score (nSPS) is 12.1. The van der Waals surface area contributed by atoms with Gasteiger partial charge < -0.3 is 19.7 Å². The van der Waals surface area contributed by atoms with Crippen molar-refractivity contribution in [3.05, 3.63) is 58.6 Å². The fraction of sp³-hybridized carbons (Fsp3) is 0.409. The minimum Gasteiger partial charge on any atom is -0.493 e. The highest BCUT2D eigenvalue weighted by Crippen LogP contribution is 2.29. The SMILES string of the molecule is COc1cc(C(=O)NC[C@H](C(C)C)N(C)C)ccc1OCc1ccccc1Cl. The van der Waals surface area contributed by atoms with Crippen LogP contribution in [0.25, 0.3) is 0 Å². The van der Waals surface area contributed by atoms with Gasteiger partial charge in [-0.1, -0.05) is 43.6 Å². The predicted octanol–water partition coefficient (Wildman–Crippen LogP) is 4.24. The highest BCUT2D eigenvalue weighted by atomic mass is 35.5. The average Bonchev–Trinajstić information content (AvgIpc) is 2.66. The Morgan fingerprint density at radius 2 is 1.86 bits per heavy atom. The molecule has 2 rings (SSSR count). The molecule has 0 aromatic heterocycles. The third kappa shape index (κ3) is 5.88. The molecular formula is C22H29ClN2O3. The average molecular weight is 405 g/mol. The molecule has 1 amide bonds. The zero-order chi connectivity index (χ0) is 20.7. The third-order valence-corrected chi connectivity index (χ3v) is 5.04. The molecule has 6 heteroatoms. The second-order valence-electron chi connectivity index (χ2n) is 7.23. The van der Waals surface area contributed by atoms with Crippen molar-refractivity contribution in [2.24, 2.45) is 5.92 Å². The lowest BCUT2D eigenvalue weighted by atomic mass is 10.0. The molecule has 0 aliphatic heterocycles. The molecule has 1 atom stereocenters. The molecular weight excluding hydrogens is 376 g/mol. The Morgan fingerprint density at radius 1 is 1.14 bits per heavy atom. The van der Waals surface area contributed by atoms with Crippen LogP contribution in [-0.4, -0.2) is 44.6 Å². The van der Waals surface area contributed by atoms with Crippen molar-refractivity contribution in [3.8, 4) is 11.5 Å². The van der Waals surface area contributed by atoms with E-state index in [0.717, 1.165) is 5.56 Å². The summed E-state index contributed by atoms with van der Waals surface area (Å²) in [6.07, 6.45) is 0. The number of halogens is 1. The first-order valence-corrected chi connectivity index (χ1v) is 9.70. The molecule has 2 aromatic rings. The summed E-state index contributed by atoms with van der Waals surface area (Å²) in [6.45, 7) is 5.19. The van der Waals surface area contributed by atoms with Gasteiger partial charge in [-0.05, 0) is 44.3 Å². The van der Waals surface area contributed by atoms with Crippen molar-refractivity contribution in [2.45, 2.75) is 26.5 Å². The van der Waals surface area contributed by atoms with Crippen molar-refractivity contribution in [2.75, 3.05) is 27.7 Å². The summed E-state index contributed by atoms with van der Waals surface area (Å²) in [5.41, 5.74) is 1.42. The second kappa shape index (κ2) is 10.3. The molecule has 0 spiro atoms. The summed E-state index contributed by atoms with van der Waals surface area (Å²) in [4.78, 5) is 14.7. The van der Waals surface area contributed by atoms with Gasteiger partial charge in [0.15, 0.2) is 11.5 Å². The van der Waals surface area contributed by atoms with Crippen LogP contribution >= 0.6 is 11.6 Å². The van der Waals surface area contributed by atoms with Crippen LogP contribution in [-0.2, 0) is 6.61 Å². The van der Waals surface area contributed by atoms with Crippen molar-refractivity contribution in [1.29, 1.82) is 0 Å². The molecule has 0 aliphatic carbocycles. The van der Waals surface area contributed by atoms with E-state index in [2.05, 4.69) is 24.1 Å². The minimum atomic E-state index is -0.136. The van der Waals surface area contributed by atoms with Crippen molar-refractivity contribution < 1.29 is 14.3 Å². The molecule has 0 unspecified atom stereocenters. The van der Waals surface area contributed by atoms with E-state index in [-0.39, 0.29) is 11.9 Å². The molecule has 0 fully saturated rings. The Morgan fingerprint density at radius 3 is 2.46 bits per heavy atom. The molecule has 0 saturated heterocycles. The van der Waals surface area contributed by atoms with E-state index >= 15 is 0 Å². The minimum absolute atomic E-state index is 0.136. The summed E-state index contributed by atoms with van der Waals surface area (Å²) in [5, 5.41) is 3.65. The maximum absolute atomic E-state index is 12.6. The molecule has 2 aromatic carbocycles. The summed E-state index contributed by atoms with van der Waals surface area (Å²) < 4.78 is 11.3. The predicted molar refractivity (Wildman–Crippen MR) is 113 cm³/mol. The number of benzene rings is 2. The quantitative estimate of drug-likeness (QED) is 0.679. The van der Waals surface area contributed by atoms with Gasteiger partial charge in [0.2, 0.25) is 0 Å². The Hall–Kier alpha value is -2.24. The van der Waals surface area contributed by atoms with Gasteiger partial charge in [0, 0.05) is 28.7 Å². The number of rotatable bonds is 9. The maximum atomic E-state index is 12.6. The molecule has 1 N–H and O–H groups in total.